The van der Waals surface area contributed by atoms with E-state index in [1.165, 1.54) is 5.56 Å². The lowest BCUT2D eigenvalue weighted by molar-refractivity contribution is 0.100. The van der Waals surface area contributed by atoms with Crippen LogP contribution in [0.5, 0.6) is 0 Å². The summed E-state index contributed by atoms with van der Waals surface area (Å²) < 4.78 is 1.00. The maximum absolute atomic E-state index is 11.1. The predicted octanol–water partition coefficient (Wildman–Crippen LogP) is 4.12. The van der Waals surface area contributed by atoms with Crippen molar-refractivity contribution in [2.45, 2.75) is 13.5 Å². The molecule has 0 atom stereocenters. The van der Waals surface area contributed by atoms with Crippen molar-refractivity contribution in [3.05, 3.63) is 62.6 Å². The summed E-state index contributed by atoms with van der Waals surface area (Å²) in [6.45, 7) is 2.60. The van der Waals surface area contributed by atoms with Crippen LogP contribution < -0.4 is 11.1 Å². The Hall–Kier alpha value is -1.52. The van der Waals surface area contributed by atoms with Crippen LogP contribution in [-0.4, -0.2) is 5.91 Å². The van der Waals surface area contributed by atoms with Crippen molar-refractivity contribution in [2.75, 3.05) is 5.32 Å². The van der Waals surface area contributed by atoms with E-state index < -0.39 is 5.91 Å². The lowest BCUT2D eigenvalue weighted by Crippen LogP contribution is -2.11. The summed E-state index contributed by atoms with van der Waals surface area (Å²) in [5, 5.41) is 3.82. The number of hydrogen-bond donors (Lipinski definition) is 2. The van der Waals surface area contributed by atoms with Gasteiger partial charge in [-0.2, -0.15) is 0 Å². The fourth-order valence-corrected chi connectivity index (χ4v) is 2.68. The lowest BCUT2D eigenvalue weighted by atomic mass is 10.1. The highest BCUT2D eigenvalue weighted by Crippen LogP contribution is 2.25. The minimum atomic E-state index is -0.479. The first-order chi connectivity index (χ1) is 9.47. The molecule has 0 spiro atoms. The van der Waals surface area contributed by atoms with Gasteiger partial charge in [-0.3, -0.25) is 4.79 Å². The number of anilines is 1. The summed E-state index contributed by atoms with van der Waals surface area (Å²) in [5.41, 5.74) is 8.71. The highest BCUT2D eigenvalue weighted by Gasteiger charge is 2.06. The molecular weight excluding hydrogens is 340 g/mol. The Morgan fingerprint density at radius 3 is 2.65 bits per heavy atom. The molecule has 1 amide bonds. The number of halogens is 2. The van der Waals surface area contributed by atoms with E-state index in [-0.39, 0.29) is 0 Å². The molecule has 0 aliphatic carbocycles. The molecule has 3 nitrogen and oxygen atoms in total. The van der Waals surface area contributed by atoms with Crippen LogP contribution in [0.3, 0.4) is 0 Å². The number of amides is 1. The van der Waals surface area contributed by atoms with Gasteiger partial charge in [-0.25, -0.2) is 0 Å². The Morgan fingerprint density at radius 2 is 2.05 bits per heavy atom. The molecule has 3 N–H and O–H groups in total. The van der Waals surface area contributed by atoms with Crippen molar-refractivity contribution in [1.82, 2.24) is 0 Å². The zero-order valence-corrected chi connectivity index (χ0v) is 13.3. The van der Waals surface area contributed by atoms with Crippen molar-refractivity contribution in [3.63, 3.8) is 0 Å². The number of carbonyl (C=O) groups is 1. The first-order valence-corrected chi connectivity index (χ1v) is 7.22. The zero-order chi connectivity index (χ0) is 14.7. The maximum Gasteiger partial charge on any atom is 0.248 e. The molecule has 0 fully saturated rings. The van der Waals surface area contributed by atoms with E-state index in [2.05, 4.69) is 21.2 Å². The minimum absolute atomic E-state index is 0.412. The van der Waals surface area contributed by atoms with Crippen LogP contribution >= 0.6 is 27.5 Å². The Balaban J connectivity index is 2.13. The smallest absolute Gasteiger partial charge is 0.248 e. The number of primary amides is 1. The molecule has 0 unspecified atom stereocenters. The number of benzene rings is 2. The first kappa shape index (κ1) is 14.9. The van der Waals surface area contributed by atoms with E-state index in [1.807, 2.05) is 25.1 Å². The third-order valence-electron chi connectivity index (χ3n) is 2.93. The van der Waals surface area contributed by atoms with Gasteiger partial charge in [-0.15, -0.1) is 0 Å². The quantitative estimate of drug-likeness (QED) is 0.868. The number of carbonyl (C=O) groups excluding carboxylic acids is 1. The molecule has 2 rings (SSSR count). The normalized spacial score (nSPS) is 10.3. The summed E-state index contributed by atoms with van der Waals surface area (Å²) in [7, 11) is 0. The topological polar surface area (TPSA) is 55.1 Å². The third kappa shape index (κ3) is 3.52. The summed E-state index contributed by atoms with van der Waals surface area (Å²) in [6, 6.07) is 11.1. The van der Waals surface area contributed by atoms with Crippen molar-refractivity contribution in [2.24, 2.45) is 5.73 Å². The van der Waals surface area contributed by atoms with Crippen molar-refractivity contribution in [3.8, 4) is 0 Å². The van der Waals surface area contributed by atoms with Crippen molar-refractivity contribution in [1.29, 1.82) is 0 Å². The number of nitrogens with two attached hydrogens (primary N) is 1. The highest BCUT2D eigenvalue weighted by atomic mass is 79.9. The molecule has 0 aromatic heterocycles. The molecule has 0 saturated heterocycles. The summed E-state index contributed by atoms with van der Waals surface area (Å²) in [6.07, 6.45) is 0. The Bertz CT molecular complexity index is 658. The SMILES string of the molecule is Cc1ccc(NCc2ccc(C(N)=O)cc2Cl)c(Br)c1. The molecule has 104 valence electrons. The van der Waals surface area contributed by atoms with Crippen LogP contribution in [-0.2, 0) is 6.54 Å². The summed E-state index contributed by atoms with van der Waals surface area (Å²) >= 11 is 9.66. The van der Waals surface area contributed by atoms with Crippen LogP contribution in [0.4, 0.5) is 5.69 Å². The lowest BCUT2D eigenvalue weighted by Gasteiger charge is -2.11. The molecule has 0 bridgehead atoms. The molecule has 0 aliphatic heterocycles. The van der Waals surface area contributed by atoms with Crippen LogP contribution in [0.25, 0.3) is 0 Å². The van der Waals surface area contributed by atoms with Crippen molar-refractivity contribution >= 4 is 39.1 Å². The largest absolute Gasteiger partial charge is 0.380 e. The molecule has 20 heavy (non-hydrogen) atoms. The van der Waals surface area contributed by atoms with Gasteiger partial charge in [0.15, 0.2) is 0 Å². The molecular formula is C15H14BrClN2O. The average molecular weight is 354 g/mol. The number of aryl methyl sites for hydroxylation is 1. The Kier molecular flexibility index (Phi) is 4.68. The molecule has 0 heterocycles. The Morgan fingerprint density at radius 1 is 1.30 bits per heavy atom. The average Bonchev–Trinajstić information content (AvgIpc) is 2.38. The van der Waals surface area contributed by atoms with Gasteiger partial charge in [0.2, 0.25) is 5.91 Å². The van der Waals surface area contributed by atoms with Gasteiger partial charge < -0.3 is 11.1 Å². The fraction of sp³-hybridized carbons (Fsp3) is 0.133. The minimum Gasteiger partial charge on any atom is -0.380 e. The molecule has 2 aromatic rings. The van der Waals surface area contributed by atoms with Crippen LogP contribution in [0, 0.1) is 6.92 Å². The number of rotatable bonds is 4. The van der Waals surface area contributed by atoms with Gasteiger partial charge in [0, 0.05) is 27.3 Å². The molecule has 5 heteroatoms. The van der Waals surface area contributed by atoms with E-state index in [0.29, 0.717) is 17.1 Å². The first-order valence-electron chi connectivity index (χ1n) is 6.05. The van der Waals surface area contributed by atoms with Crippen LogP contribution in [0.2, 0.25) is 5.02 Å². The van der Waals surface area contributed by atoms with Gasteiger partial charge in [0.05, 0.1) is 0 Å². The van der Waals surface area contributed by atoms with E-state index in [4.69, 9.17) is 17.3 Å². The van der Waals surface area contributed by atoms with Gasteiger partial charge in [-0.05, 0) is 58.2 Å². The van der Waals surface area contributed by atoms with Crippen LogP contribution in [0.15, 0.2) is 40.9 Å². The van der Waals surface area contributed by atoms with Gasteiger partial charge in [0.25, 0.3) is 0 Å². The highest BCUT2D eigenvalue weighted by molar-refractivity contribution is 9.10. The third-order valence-corrected chi connectivity index (χ3v) is 3.94. The van der Waals surface area contributed by atoms with Gasteiger partial charge >= 0.3 is 0 Å². The molecule has 2 aromatic carbocycles. The standard InChI is InChI=1S/C15H14BrClN2O/c1-9-2-5-14(12(16)6-9)19-8-11-4-3-10(15(18)20)7-13(11)17/h2-7,19H,8H2,1H3,(H2,18,20). The van der Waals surface area contributed by atoms with E-state index in [0.717, 1.165) is 15.7 Å². The summed E-state index contributed by atoms with van der Waals surface area (Å²) in [4.78, 5) is 11.1. The van der Waals surface area contributed by atoms with E-state index >= 15 is 0 Å². The maximum atomic E-state index is 11.1. The van der Waals surface area contributed by atoms with Crippen molar-refractivity contribution < 1.29 is 4.79 Å². The fourth-order valence-electron chi connectivity index (χ4n) is 1.80. The monoisotopic (exact) mass is 352 g/mol. The zero-order valence-electron chi connectivity index (χ0n) is 10.9. The second kappa shape index (κ2) is 6.29. The second-order valence-corrected chi connectivity index (χ2v) is 5.77. The van der Waals surface area contributed by atoms with E-state index in [1.54, 1.807) is 18.2 Å². The number of hydrogen-bond acceptors (Lipinski definition) is 2. The molecule has 0 radical (unpaired) electrons. The summed E-state index contributed by atoms with van der Waals surface area (Å²) in [5.74, 6) is -0.479. The van der Waals surface area contributed by atoms with E-state index in [9.17, 15) is 4.79 Å². The van der Waals surface area contributed by atoms with Crippen LogP contribution in [0.1, 0.15) is 21.5 Å². The predicted molar refractivity (Wildman–Crippen MR) is 86.2 cm³/mol. The van der Waals surface area contributed by atoms with Gasteiger partial charge in [0.1, 0.15) is 0 Å². The molecule has 0 saturated carbocycles. The Labute approximate surface area is 131 Å². The second-order valence-electron chi connectivity index (χ2n) is 4.51. The van der Waals surface area contributed by atoms with Gasteiger partial charge in [-0.1, -0.05) is 23.7 Å². The molecule has 0 aliphatic rings. The number of nitrogens with one attached hydrogen (secondary N) is 1.